The number of benzene rings is 1. The SMILES string of the molecule is FC(F)(F)C(F)(F)CCn1cnc2ccccc21. The quantitative estimate of drug-likeness (QED) is 0.774. The monoisotopic (exact) mass is 264 g/mol. The maximum Gasteiger partial charge on any atom is 0.453 e. The average Bonchev–Trinajstić information content (AvgIpc) is 2.68. The van der Waals surface area contributed by atoms with Gasteiger partial charge in [-0.3, -0.25) is 0 Å². The van der Waals surface area contributed by atoms with E-state index in [1.54, 1.807) is 24.3 Å². The Labute approximate surface area is 99.0 Å². The number of fused-ring (bicyclic) bond motifs is 1. The van der Waals surface area contributed by atoms with Crippen LogP contribution >= 0.6 is 0 Å². The fourth-order valence-corrected chi connectivity index (χ4v) is 1.59. The number of nitrogens with zero attached hydrogens (tertiary/aromatic N) is 2. The zero-order chi connectivity index (χ0) is 13.4. The Kier molecular flexibility index (Phi) is 3.00. The van der Waals surface area contributed by atoms with Gasteiger partial charge >= 0.3 is 12.1 Å². The van der Waals surface area contributed by atoms with Gasteiger partial charge in [0, 0.05) is 13.0 Å². The summed E-state index contributed by atoms with van der Waals surface area (Å²) in [6, 6.07) is 6.66. The molecule has 0 unspecified atom stereocenters. The Hall–Kier alpha value is -1.66. The molecule has 0 saturated heterocycles. The van der Waals surface area contributed by atoms with E-state index in [9.17, 15) is 22.0 Å². The standard InChI is InChI=1S/C11H9F5N2/c12-10(13,11(14,15)16)5-6-18-7-17-8-3-1-2-4-9(8)18/h1-4,7H,5-6H2. The second-order valence-electron chi connectivity index (χ2n) is 3.88. The van der Waals surface area contributed by atoms with E-state index in [4.69, 9.17) is 0 Å². The minimum atomic E-state index is -5.51. The van der Waals surface area contributed by atoms with Crippen LogP contribution in [-0.4, -0.2) is 21.6 Å². The van der Waals surface area contributed by atoms with Crippen LogP contribution in [0, 0.1) is 0 Å². The van der Waals surface area contributed by atoms with Crippen LogP contribution in [0.4, 0.5) is 22.0 Å². The van der Waals surface area contributed by atoms with Gasteiger partial charge in [-0.1, -0.05) is 12.1 Å². The van der Waals surface area contributed by atoms with E-state index in [0.717, 1.165) is 0 Å². The molecule has 0 radical (unpaired) electrons. The summed E-state index contributed by atoms with van der Waals surface area (Å²) in [6.07, 6.45) is -5.54. The largest absolute Gasteiger partial charge is 0.453 e. The molecule has 2 nitrogen and oxygen atoms in total. The first kappa shape index (κ1) is 12.8. The second-order valence-corrected chi connectivity index (χ2v) is 3.88. The van der Waals surface area contributed by atoms with Gasteiger partial charge in [-0.2, -0.15) is 22.0 Å². The third-order valence-corrected chi connectivity index (χ3v) is 2.61. The lowest BCUT2D eigenvalue weighted by Crippen LogP contribution is -2.37. The molecule has 2 rings (SSSR count). The Morgan fingerprint density at radius 3 is 2.39 bits per heavy atom. The lowest BCUT2D eigenvalue weighted by molar-refractivity contribution is -0.285. The topological polar surface area (TPSA) is 17.8 Å². The molecule has 0 atom stereocenters. The molecule has 0 aliphatic carbocycles. The Morgan fingerprint density at radius 2 is 1.72 bits per heavy atom. The van der Waals surface area contributed by atoms with Crippen molar-refractivity contribution in [2.75, 3.05) is 0 Å². The molecule has 1 aromatic carbocycles. The molecular formula is C11H9F5N2. The second kappa shape index (κ2) is 4.22. The number of hydrogen-bond acceptors (Lipinski definition) is 1. The van der Waals surface area contributed by atoms with Crippen LogP contribution in [0.15, 0.2) is 30.6 Å². The molecule has 0 aliphatic rings. The minimum Gasteiger partial charge on any atom is -0.330 e. The maximum atomic E-state index is 12.8. The summed E-state index contributed by atoms with van der Waals surface area (Å²) < 4.78 is 62.8. The average molecular weight is 264 g/mol. The number of alkyl halides is 5. The fraction of sp³-hybridized carbons (Fsp3) is 0.364. The summed E-state index contributed by atoms with van der Waals surface area (Å²) in [6.45, 7) is -0.437. The van der Waals surface area contributed by atoms with E-state index >= 15 is 0 Å². The van der Waals surface area contributed by atoms with Crippen LogP contribution in [0.1, 0.15) is 6.42 Å². The van der Waals surface area contributed by atoms with Crippen LogP contribution in [-0.2, 0) is 6.54 Å². The molecule has 98 valence electrons. The Balaban J connectivity index is 2.16. The van der Waals surface area contributed by atoms with Gasteiger partial charge in [-0.25, -0.2) is 4.98 Å². The molecule has 1 heterocycles. The molecule has 0 saturated carbocycles. The van der Waals surface area contributed by atoms with Gasteiger partial charge < -0.3 is 4.57 Å². The first-order valence-electron chi connectivity index (χ1n) is 5.16. The fourth-order valence-electron chi connectivity index (χ4n) is 1.59. The van der Waals surface area contributed by atoms with Gasteiger partial charge in [-0.15, -0.1) is 0 Å². The molecule has 2 aromatic rings. The van der Waals surface area contributed by atoms with Crippen molar-refractivity contribution in [3.05, 3.63) is 30.6 Å². The molecule has 0 amide bonds. The van der Waals surface area contributed by atoms with Crippen LogP contribution in [0.5, 0.6) is 0 Å². The van der Waals surface area contributed by atoms with Gasteiger partial charge in [0.25, 0.3) is 0 Å². The van der Waals surface area contributed by atoms with E-state index in [-0.39, 0.29) is 0 Å². The Bertz CT molecular complexity index is 544. The van der Waals surface area contributed by atoms with Crippen molar-refractivity contribution >= 4 is 11.0 Å². The van der Waals surface area contributed by atoms with Gasteiger partial charge in [-0.05, 0) is 12.1 Å². The van der Waals surface area contributed by atoms with Crippen molar-refractivity contribution in [3.8, 4) is 0 Å². The zero-order valence-corrected chi connectivity index (χ0v) is 9.09. The third kappa shape index (κ3) is 2.30. The molecule has 1 aromatic heterocycles. The summed E-state index contributed by atoms with van der Waals surface area (Å²) in [5.41, 5.74) is 1.10. The maximum absolute atomic E-state index is 12.8. The highest BCUT2D eigenvalue weighted by atomic mass is 19.4. The highest BCUT2D eigenvalue weighted by Gasteiger charge is 2.56. The zero-order valence-electron chi connectivity index (χ0n) is 9.09. The van der Waals surface area contributed by atoms with Gasteiger partial charge in [0.1, 0.15) is 0 Å². The van der Waals surface area contributed by atoms with Gasteiger partial charge in [0.15, 0.2) is 0 Å². The summed E-state index contributed by atoms with van der Waals surface area (Å²) in [7, 11) is 0. The number of aryl methyl sites for hydroxylation is 1. The van der Waals surface area contributed by atoms with Crippen LogP contribution in [0.3, 0.4) is 0 Å². The van der Waals surface area contributed by atoms with E-state index < -0.39 is 25.1 Å². The number of rotatable bonds is 3. The molecule has 0 spiro atoms. The summed E-state index contributed by atoms with van der Waals surface area (Å²) in [5.74, 6) is -4.68. The molecular weight excluding hydrogens is 255 g/mol. The molecule has 0 aliphatic heterocycles. The molecule has 18 heavy (non-hydrogen) atoms. The normalized spacial score (nSPS) is 13.2. The molecule has 0 N–H and O–H groups in total. The summed E-state index contributed by atoms with van der Waals surface area (Å²) in [5, 5.41) is 0. The Morgan fingerprint density at radius 1 is 1.06 bits per heavy atom. The van der Waals surface area contributed by atoms with E-state index in [2.05, 4.69) is 4.98 Å². The lowest BCUT2D eigenvalue weighted by atomic mass is 10.2. The highest BCUT2D eigenvalue weighted by molar-refractivity contribution is 5.74. The molecule has 7 heteroatoms. The lowest BCUT2D eigenvalue weighted by Gasteiger charge is -2.19. The third-order valence-electron chi connectivity index (χ3n) is 2.61. The van der Waals surface area contributed by atoms with Crippen molar-refractivity contribution in [2.45, 2.75) is 25.1 Å². The summed E-state index contributed by atoms with van der Waals surface area (Å²) >= 11 is 0. The summed E-state index contributed by atoms with van der Waals surface area (Å²) in [4.78, 5) is 3.92. The smallest absolute Gasteiger partial charge is 0.330 e. The van der Waals surface area contributed by atoms with Crippen molar-refractivity contribution in [3.63, 3.8) is 0 Å². The molecule has 0 fully saturated rings. The van der Waals surface area contributed by atoms with Crippen molar-refractivity contribution in [1.29, 1.82) is 0 Å². The number of halogens is 5. The number of imidazole rings is 1. The number of aromatic nitrogens is 2. The predicted molar refractivity (Wildman–Crippen MR) is 55.4 cm³/mol. The first-order chi connectivity index (χ1) is 8.31. The predicted octanol–water partition coefficient (Wildman–Crippen LogP) is 3.62. The molecule has 0 bridgehead atoms. The van der Waals surface area contributed by atoms with Crippen LogP contribution in [0.2, 0.25) is 0 Å². The first-order valence-corrected chi connectivity index (χ1v) is 5.16. The van der Waals surface area contributed by atoms with Crippen molar-refractivity contribution < 1.29 is 22.0 Å². The van der Waals surface area contributed by atoms with Gasteiger partial charge in [0.05, 0.1) is 17.4 Å². The number of hydrogen-bond donors (Lipinski definition) is 0. The van der Waals surface area contributed by atoms with E-state index in [0.29, 0.717) is 11.0 Å². The van der Waals surface area contributed by atoms with E-state index in [1.165, 1.54) is 10.9 Å². The van der Waals surface area contributed by atoms with Crippen molar-refractivity contribution in [1.82, 2.24) is 9.55 Å². The minimum absolute atomic E-state index is 0.437. The van der Waals surface area contributed by atoms with E-state index in [1.807, 2.05) is 0 Å². The van der Waals surface area contributed by atoms with Crippen LogP contribution < -0.4 is 0 Å². The highest BCUT2D eigenvalue weighted by Crippen LogP contribution is 2.38. The van der Waals surface area contributed by atoms with Crippen LogP contribution in [0.25, 0.3) is 11.0 Å². The van der Waals surface area contributed by atoms with Gasteiger partial charge in [0.2, 0.25) is 0 Å². The number of para-hydroxylation sites is 2. The van der Waals surface area contributed by atoms with Crippen molar-refractivity contribution in [2.24, 2.45) is 0 Å².